The molecule has 0 radical (unpaired) electrons. The molecular weight excluding hydrogens is 460 g/mol. The highest BCUT2D eigenvalue weighted by Crippen LogP contribution is 2.34. The van der Waals surface area contributed by atoms with E-state index in [-0.39, 0.29) is 23.7 Å². The highest BCUT2D eigenvalue weighted by molar-refractivity contribution is 5.80. The average molecular weight is 486 g/mol. The second-order valence-electron chi connectivity index (χ2n) is 8.01. The first-order valence-electron chi connectivity index (χ1n) is 10.4. The molecule has 0 amide bonds. The number of ether oxygens (including phenoxy) is 5. The summed E-state index contributed by atoms with van der Waals surface area (Å²) in [7, 11) is 1.38. The molecule has 0 saturated carbocycles. The van der Waals surface area contributed by atoms with Gasteiger partial charge in [0.2, 0.25) is 6.29 Å². The zero-order valence-corrected chi connectivity index (χ0v) is 18.0. The Labute approximate surface area is 192 Å². The first kappa shape index (κ1) is 24.8. The summed E-state index contributed by atoms with van der Waals surface area (Å²) in [6, 6.07) is 5.67. The van der Waals surface area contributed by atoms with Crippen LogP contribution >= 0.6 is 0 Å². The van der Waals surface area contributed by atoms with Crippen LogP contribution in [0, 0.1) is 0 Å². The molecule has 2 fully saturated rings. The predicted octanol–water partition coefficient (Wildman–Crippen LogP) is -2.56. The summed E-state index contributed by atoms with van der Waals surface area (Å²) >= 11 is 0. The van der Waals surface area contributed by atoms with Gasteiger partial charge in [-0.2, -0.15) is 0 Å². The number of methoxy groups -OCH3 is 1. The van der Waals surface area contributed by atoms with Crippen LogP contribution in [0.5, 0.6) is 11.5 Å². The van der Waals surface area contributed by atoms with Crippen LogP contribution < -0.4 is 15.1 Å². The molecule has 13 nitrogen and oxygen atoms in total. The third-order valence-electron chi connectivity index (χ3n) is 5.70. The Hall–Kier alpha value is -2.33. The molecule has 4 rings (SSSR count). The van der Waals surface area contributed by atoms with Crippen molar-refractivity contribution in [1.82, 2.24) is 0 Å². The van der Waals surface area contributed by atoms with Gasteiger partial charge in [0.25, 0.3) is 0 Å². The molecule has 0 bridgehead atoms. The summed E-state index contributed by atoms with van der Waals surface area (Å²) in [4.78, 5) is 11.5. The molecule has 3 heterocycles. The van der Waals surface area contributed by atoms with Crippen LogP contribution in [0.15, 0.2) is 33.5 Å². The SMILES string of the molecule is COc1cc2ccc(=O)oc2cc1O[C@H]1O[C@H](CO[C@H]2OC[C@H](O)[C@@H](O)[C@H]2O)[C@H](O)[C@@H](O)[C@H]1O. The Kier molecular flexibility index (Phi) is 7.37. The lowest BCUT2D eigenvalue weighted by Gasteiger charge is -2.41. The zero-order chi connectivity index (χ0) is 24.6. The van der Waals surface area contributed by atoms with Gasteiger partial charge in [0.15, 0.2) is 17.8 Å². The molecule has 2 saturated heterocycles. The number of benzene rings is 1. The van der Waals surface area contributed by atoms with E-state index in [2.05, 4.69) is 0 Å². The Morgan fingerprint density at radius 1 is 0.912 bits per heavy atom. The van der Waals surface area contributed by atoms with Crippen molar-refractivity contribution in [1.29, 1.82) is 0 Å². The molecule has 13 heteroatoms. The minimum atomic E-state index is -1.69. The minimum absolute atomic E-state index is 0.0276. The van der Waals surface area contributed by atoms with Crippen LogP contribution in [0.4, 0.5) is 0 Å². The van der Waals surface area contributed by atoms with Crippen molar-refractivity contribution in [3.63, 3.8) is 0 Å². The second kappa shape index (κ2) is 10.1. The average Bonchev–Trinajstić information content (AvgIpc) is 2.82. The molecule has 0 unspecified atom stereocenters. The van der Waals surface area contributed by atoms with Crippen LogP contribution in [0.1, 0.15) is 0 Å². The van der Waals surface area contributed by atoms with Crippen molar-refractivity contribution in [3.8, 4) is 11.5 Å². The van der Waals surface area contributed by atoms with Crippen LogP contribution in [0.25, 0.3) is 11.0 Å². The quantitative estimate of drug-likeness (QED) is 0.233. The molecule has 6 N–H and O–H groups in total. The van der Waals surface area contributed by atoms with Gasteiger partial charge in [0.1, 0.15) is 48.3 Å². The van der Waals surface area contributed by atoms with Gasteiger partial charge in [-0.25, -0.2) is 4.79 Å². The van der Waals surface area contributed by atoms with Crippen molar-refractivity contribution < 1.29 is 58.7 Å². The molecule has 2 aliphatic heterocycles. The molecule has 188 valence electrons. The van der Waals surface area contributed by atoms with Crippen molar-refractivity contribution in [2.24, 2.45) is 0 Å². The van der Waals surface area contributed by atoms with E-state index in [9.17, 15) is 35.4 Å². The number of rotatable bonds is 6. The summed E-state index contributed by atoms with van der Waals surface area (Å²) in [5.41, 5.74) is -0.406. The summed E-state index contributed by atoms with van der Waals surface area (Å²) < 4.78 is 32.2. The van der Waals surface area contributed by atoms with Crippen LogP contribution in [0.3, 0.4) is 0 Å². The molecule has 9 atom stereocenters. The molecule has 2 aromatic rings. The lowest BCUT2D eigenvalue weighted by molar-refractivity contribution is -0.307. The number of aliphatic hydroxyl groups excluding tert-OH is 6. The van der Waals surface area contributed by atoms with Gasteiger partial charge in [-0.3, -0.25) is 0 Å². The van der Waals surface area contributed by atoms with E-state index >= 15 is 0 Å². The van der Waals surface area contributed by atoms with E-state index in [1.165, 1.54) is 31.4 Å². The van der Waals surface area contributed by atoms with Crippen LogP contribution in [-0.4, -0.2) is 106 Å². The Bertz CT molecular complexity index is 1040. The predicted molar refractivity (Wildman–Crippen MR) is 110 cm³/mol. The second-order valence-corrected chi connectivity index (χ2v) is 8.01. The molecular formula is C21H26O13. The maximum atomic E-state index is 11.5. The Balaban J connectivity index is 1.49. The lowest BCUT2D eigenvalue weighted by atomic mass is 9.99. The molecule has 1 aromatic heterocycles. The number of hydrogen-bond acceptors (Lipinski definition) is 13. The first-order valence-corrected chi connectivity index (χ1v) is 10.4. The first-order chi connectivity index (χ1) is 16.2. The standard InChI is InChI=1S/C21H26O13/c1-29-11-4-8-2-3-14(23)32-10(8)5-12(11)33-21-19(28)17(26)16(25)13(34-21)7-31-20-18(27)15(24)9(22)6-30-20/h2-5,9,13,15-22,24-28H,6-7H2,1H3/t9-,13+,15+,16-,17+,18+,19+,20+,21-/m0/s1. The highest BCUT2D eigenvalue weighted by atomic mass is 16.7. The fourth-order valence-electron chi connectivity index (χ4n) is 3.72. The van der Waals surface area contributed by atoms with Gasteiger partial charge >= 0.3 is 5.63 Å². The number of hydrogen-bond donors (Lipinski definition) is 6. The third kappa shape index (κ3) is 4.88. The number of fused-ring (bicyclic) bond motifs is 1. The fraction of sp³-hybridized carbons (Fsp3) is 0.571. The molecule has 0 spiro atoms. The van der Waals surface area contributed by atoms with Crippen LogP contribution in [-0.2, 0) is 14.2 Å². The Morgan fingerprint density at radius 2 is 1.65 bits per heavy atom. The number of aliphatic hydroxyl groups is 6. The fourth-order valence-corrected chi connectivity index (χ4v) is 3.72. The molecule has 1 aromatic carbocycles. The normalized spacial score (nSPS) is 36.4. The van der Waals surface area contributed by atoms with Gasteiger partial charge in [-0.05, 0) is 12.1 Å². The van der Waals surface area contributed by atoms with Crippen LogP contribution in [0.2, 0.25) is 0 Å². The summed E-state index contributed by atoms with van der Waals surface area (Å²) in [5, 5.41) is 60.8. The monoisotopic (exact) mass is 486 g/mol. The molecule has 2 aliphatic rings. The van der Waals surface area contributed by atoms with E-state index in [0.29, 0.717) is 5.39 Å². The smallest absolute Gasteiger partial charge is 0.336 e. The van der Waals surface area contributed by atoms with E-state index in [0.717, 1.165) is 0 Å². The zero-order valence-electron chi connectivity index (χ0n) is 18.0. The Morgan fingerprint density at radius 3 is 2.38 bits per heavy atom. The van der Waals surface area contributed by atoms with Gasteiger partial charge in [0.05, 0.1) is 20.3 Å². The van der Waals surface area contributed by atoms with Gasteiger partial charge in [-0.1, -0.05) is 0 Å². The van der Waals surface area contributed by atoms with Crippen molar-refractivity contribution in [3.05, 3.63) is 34.7 Å². The maximum Gasteiger partial charge on any atom is 0.336 e. The maximum absolute atomic E-state index is 11.5. The summed E-state index contributed by atoms with van der Waals surface area (Å²) in [6.45, 7) is -0.721. The summed E-state index contributed by atoms with van der Waals surface area (Å²) in [6.07, 6.45) is -13.4. The molecule has 0 aliphatic carbocycles. The third-order valence-corrected chi connectivity index (χ3v) is 5.70. The van der Waals surface area contributed by atoms with E-state index in [4.69, 9.17) is 28.1 Å². The van der Waals surface area contributed by atoms with E-state index in [1.54, 1.807) is 0 Å². The molecule has 34 heavy (non-hydrogen) atoms. The van der Waals surface area contributed by atoms with Gasteiger partial charge in [-0.15, -0.1) is 0 Å². The highest BCUT2D eigenvalue weighted by Gasteiger charge is 2.46. The van der Waals surface area contributed by atoms with Crippen molar-refractivity contribution >= 4 is 11.0 Å². The van der Waals surface area contributed by atoms with Crippen molar-refractivity contribution in [2.75, 3.05) is 20.3 Å². The summed E-state index contributed by atoms with van der Waals surface area (Å²) in [5.74, 6) is 0.247. The van der Waals surface area contributed by atoms with Gasteiger partial charge in [0, 0.05) is 17.5 Å². The van der Waals surface area contributed by atoms with E-state index in [1.807, 2.05) is 0 Å². The largest absolute Gasteiger partial charge is 0.493 e. The minimum Gasteiger partial charge on any atom is -0.493 e. The van der Waals surface area contributed by atoms with E-state index < -0.39 is 67.5 Å². The topological polar surface area (TPSA) is 198 Å². The van der Waals surface area contributed by atoms with Crippen molar-refractivity contribution in [2.45, 2.75) is 55.3 Å². The van der Waals surface area contributed by atoms with Gasteiger partial charge < -0.3 is 58.7 Å². The lowest BCUT2D eigenvalue weighted by Crippen LogP contribution is -2.61.